The summed E-state index contributed by atoms with van der Waals surface area (Å²) in [7, 11) is 1.38. The quantitative estimate of drug-likeness (QED) is 0.522. The molecule has 0 atom stereocenters. The van der Waals surface area contributed by atoms with Gasteiger partial charge in [0.1, 0.15) is 12.4 Å². The highest BCUT2D eigenvalue weighted by Crippen LogP contribution is 2.35. The monoisotopic (exact) mass is 367 g/mol. The normalized spacial score (nSPS) is 13.7. The summed E-state index contributed by atoms with van der Waals surface area (Å²) < 4.78 is 20.8. The van der Waals surface area contributed by atoms with E-state index in [1.807, 2.05) is 24.4 Å². The predicted octanol–water partition coefficient (Wildman–Crippen LogP) is 3.17. The van der Waals surface area contributed by atoms with Gasteiger partial charge in [-0.1, -0.05) is 6.07 Å². The Kier molecular flexibility index (Phi) is 4.03. The first-order chi connectivity index (χ1) is 13.1. The number of pyridine rings is 1. The molecule has 3 heterocycles. The third-order valence-corrected chi connectivity index (χ3v) is 4.26. The van der Waals surface area contributed by atoms with E-state index in [1.54, 1.807) is 27.9 Å². The first-order valence-corrected chi connectivity index (χ1v) is 8.02. The van der Waals surface area contributed by atoms with Gasteiger partial charge in [0.05, 0.1) is 35.1 Å². The van der Waals surface area contributed by atoms with Crippen molar-refractivity contribution >= 4 is 22.6 Å². The first kappa shape index (κ1) is 16.7. The molecule has 1 aromatic carbocycles. The van der Waals surface area contributed by atoms with Crippen molar-refractivity contribution < 1.29 is 14.1 Å². The maximum absolute atomic E-state index is 13.8. The molecule has 27 heavy (non-hydrogen) atoms. The van der Waals surface area contributed by atoms with Crippen molar-refractivity contribution in [2.75, 3.05) is 18.7 Å². The first-order valence-electron chi connectivity index (χ1n) is 8.02. The molecule has 0 unspecified atom stereocenters. The number of nitro benzene ring substituents is 1. The Bertz CT molecular complexity index is 1110. The van der Waals surface area contributed by atoms with Crippen LogP contribution in [0.4, 0.5) is 15.8 Å². The van der Waals surface area contributed by atoms with E-state index < -0.39 is 16.4 Å². The molecule has 0 N–H and O–H groups in total. The van der Waals surface area contributed by atoms with Crippen LogP contribution in [0.5, 0.6) is 5.75 Å². The molecular formula is C18H14FN5O3. The molecule has 136 valence electrons. The Balaban J connectivity index is 1.67. The number of fused-ring (bicyclic) bond motifs is 1. The molecule has 8 nitrogen and oxygen atoms in total. The summed E-state index contributed by atoms with van der Waals surface area (Å²) in [6, 6.07) is 7.90. The number of aliphatic imine (C=N–C) groups is 1. The molecule has 2 aromatic heterocycles. The van der Waals surface area contributed by atoms with Gasteiger partial charge in [0.25, 0.3) is 0 Å². The number of allylic oxidation sites excluding steroid dienone is 1. The van der Waals surface area contributed by atoms with E-state index in [1.165, 1.54) is 7.11 Å². The molecule has 9 heteroatoms. The second-order valence-corrected chi connectivity index (χ2v) is 5.79. The second-order valence-electron chi connectivity index (χ2n) is 5.79. The molecule has 0 amide bonds. The van der Waals surface area contributed by atoms with Crippen molar-refractivity contribution in [3.63, 3.8) is 0 Å². The van der Waals surface area contributed by atoms with E-state index in [-0.39, 0.29) is 12.4 Å². The number of halogens is 1. The van der Waals surface area contributed by atoms with Gasteiger partial charge >= 0.3 is 5.69 Å². The highest BCUT2D eigenvalue weighted by molar-refractivity contribution is 6.13. The number of hydrogen-bond acceptors (Lipinski definition) is 6. The molecule has 1 aliphatic rings. The van der Waals surface area contributed by atoms with Gasteiger partial charge in [-0.3, -0.25) is 15.1 Å². The molecule has 0 bridgehead atoms. The van der Waals surface area contributed by atoms with Gasteiger partial charge < -0.3 is 9.64 Å². The van der Waals surface area contributed by atoms with E-state index in [4.69, 9.17) is 4.74 Å². The number of hydrogen-bond donors (Lipinski definition) is 0. The van der Waals surface area contributed by atoms with Crippen LogP contribution in [0.25, 0.3) is 5.52 Å². The van der Waals surface area contributed by atoms with Crippen LogP contribution >= 0.6 is 0 Å². The Morgan fingerprint density at radius 2 is 2.19 bits per heavy atom. The molecule has 3 aromatic rings. The summed E-state index contributed by atoms with van der Waals surface area (Å²) in [5, 5.41) is 15.3. The molecule has 0 saturated heterocycles. The summed E-state index contributed by atoms with van der Waals surface area (Å²) >= 11 is 0. The molecule has 0 aliphatic carbocycles. The number of benzene rings is 1. The van der Waals surface area contributed by atoms with Crippen LogP contribution in [0.3, 0.4) is 0 Å². The zero-order valence-corrected chi connectivity index (χ0v) is 14.2. The molecule has 0 spiro atoms. The third-order valence-electron chi connectivity index (χ3n) is 4.26. The minimum atomic E-state index is -0.947. The van der Waals surface area contributed by atoms with Crippen LogP contribution < -0.4 is 9.64 Å². The highest BCUT2D eigenvalue weighted by Gasteiger charge is 2.23. The van der Waals surface area contributed by atoms with Crippen molar-refractivity contribution in [2.24, 2.45) is 4.99 Å². The molecule has 1 aliphatic heterocycles. The fourth-order valence-corrected chi connectivity index (χ4v) is 2.94. The van der Waals surface area contributed by atoms with Gasteiger partial charge in [-0.25, -0.2) is 4.52 Å². The summed E-state index contributed by atoms with van der Waals surface area (Å²) in [5.74, 6) is -0.755. The largest absolute Gasteiger partial charge is 0.494 e. The Labute approximate surface area is 153 Å². The number of ether oxygens (including phenoxy) is 1. The topological polar surface area (TPSA) is 85.3 Å². The highest BCUT2D eigenvalue weighted by atomic mass is 19.1. The molecule has 0 saturated carbocycles. The van der Waals surface area contributed by atoms with Gasteiger partial charge in [-0.15, -0.1) is 0 Å². The van der Waals surface area contributed by atoms with E-state index in [0.29, 0.717) is 5.69 Å². The maximum atomic E-state index is 13.8. The average molecular weight is 367 g/mol. The maximum Gasteiger partial charge on any atom is 0.307 e. The van der Waals surface area contributed by atoms with Gasteiger partial charge in [-0.05, 0) is 18.2 Å². The fraction of sp³-hybridized carbons (Fsp3) is 0.111. The number of methoxy groups -OCH3 is 1. The van der Waals surface area contributed by atoms with Crippen molar-refractivity contribution in [3.05, 3.63) is 76.5 Å². The van der Waals surface area contributed by atoms with Crippen LogP contribution in [0, 0.1) is 15.9 Å². The average Bonchev–Trinajstić information content (AvgIpc) is 3.12. The van der Waals surface area contributed by atoms with Crippen molar-refractivity contribution in [2.45, 2.75) is 0 Å². The number of anilines is 1. The lowest BCUT2D eigenvalue weighted by atomic mass is 10.1. The summed E-state index contributed by atoms with van der Waals surface area (Å²) in [6.07, 6.45) is 7.09. The lowest BCUT2D eigenvalue weighted by molar-refractivity contribution is -0.387. The van der Waals surface area contributed by atoms with Crippen LogP contribution in [-0.2, 0) is 0 Å². The number of rotatable bonds is 4. The smallest absolute Gasteiger partial charge is 0.307 e. The van der Waals surface area contributed by atoms with Gasteiger partial charge in [0.15, 0.2) is 0 Å². The van der Waals surface area contributed by atoms with Gasteiger partial charge in [-0.2, -0.15) is 9.49 Å². The minimum Gasteiger partial charge on any atom is -0.494 e. The third kappa shape index (κ3) is 2.88. The van der Waals surface area contributed by atoms with Crippen molar-refractivity contribution in [1.82, 2.24) is 9.61 Å². The van der Waals surface area contributed by atoms with E-state index in [0.717, 1.165) is 28.9 Å². The minimum absolute atomic E-state index is 0.192. The van der Waals surface area contributed by atoms with Gasteiger partial charge in [0, 0.05) is 30.1 Å². The standard InChI is InChI=1S/C18H14FN5O3/c1-27-18-8-13(19)16(24(25)26)9-17(18)22-7-5-14(20-11-22)12-10-21-23-6-3-2-4-15(12)23/h2-10H,11H2,1H3. The van der Waals surface area contributed by atoms with Gasteiger partial charge in [0.2, 0.25) is 5.82 Å². The van der Waals surface area contributed by atoms with E-state index in [9.17, 15) is 14.5 Å². The summed E-state index contributed by atoms with van der Waals surface area (Å²) in [6.45, 7) is 0.204. The summed E-state index contributed by atoms with van der Waals surface area (Å²) in [5.41, 5.74) is 2.29. The predicted molar refractivity (Wildman–Crippen MR) is 97.8 cm³/mol. The molecule has 0 radical (unpaired) electrons. The van der Waals surface area contributed by atoms with E-state index in [2.05, 4.69) is 10.1 Å². The lowest BCUT2D eigenvalue weighted by Crippen LogP contribution is -2.22. The number of aromatic nitrogens is 2. The Morgan fingerprint density at radius 3 is 2.89 bits per heavy atom. The zero-order chi connectivity index (χ0) is 19.0. The Hall–Kier alpha value is -3.75. The Morgan fingerprint density at radius 1 is 1.33 bits per heavy atom. The van der Waals surface area contributed by atoms with Crippen LogP contribution in [0.2, 0.25) is 0 Å². The van der Waals surface area contributed by atoms with Crippen LogP contribution in [0.1, 0.15) is 5.56 Å². The van der Waals surface area contributed by atoms with Crippen LogP contribution in [-0.4, -0.2) is 34.0 Å². The van der Waals surface area contributed by atoms with E-state index >= 15 is 0 Å². The second kappa shape index (κ2) is 6.52. The molecule has 0 fully saturated rings. The number of nitrogens with zero attached hydrogens (tertiary/aromatic N) is 5. The fourth-order valence-electron chi connectivity index (χ4n) is 2.94. The van der Waals surface area contributed by atoms with Crippen molar-refractivity contribution in [3.8, 4) is 5.75 Å². The summed E-state index contributed by atoms with van der Waals surface area (Å²) in [4.78, 5) is 16.5. The number of nitro groups is 1. The molecular weight excluding hydrogens is 353 g/mol. The van der Waals surface area contributed by atoms with Crippen LogP contribution in [0.15, 0.2) is 60.0 Å². The zero-order valence-electron chi connectivity index (χ0n) is 14.2. The lowest BCUT2D eigenvalue weighted by Gasteiger charge is -2.23. The SMILES string of the molecule is COc1cc(F)c([N+](=O)[O-])cc1N1C=CC(c2cnn3ccccc23)=NC1. The van der Waals surface area contributed by atoms with Crippen molar-refractivity contribution in [1.29, 1.82) is 0 Å². The molecule has 4 rings (SSSR count).